The standard InChI is InChI=1S/C19H22FN3O/c1-14-6-7-18(15(2)12-14)21-19(24)23-10-8-22(9-11-23)17-5-3-4-16(20)13-17/h3-7,12-13H,8-11H2,1-2H3,(H,21,24). The lowest BCUT2D eigenvalue weighted by Crippen LogP contribution is -2.50. The van der Waals surface area contributed by atoms with Crippen LogP contribution in [0.15, 0.2) is 42.5 Å². The van der Waals surface area contributed by atoms with Gasteiger partial charge in [-0.1, -0.05) is 23.8 Å². The Labute approximate surface area is 141 Å². The van der Waals surface area contributed by atoms with Gasteiger partial charge < -0.3 is 15.1 Å². The molecule has 0 aromatic heterocycles. The minimum atomic E-state index is -0.234. The molecular formula is C19H22FN3O. The van der Waals surface area contributed by atoms with E-state index >= 15 is 0 Å². The van der Waals surface area contributed by atoms with Gasteiger partial charge in [-0.05, 0) is 43.7 Å². The molecule has 2 aromatic carbocycles. The number of urea groups is 1. The van der Waals surface area contributed by atoms with Gasteiger partial charge in [0.1, 0.15) is 5.82 Å². The number of hydrogen-bond donors (Lipinski definition) is 1. The fourth-order valence-electron chi connectivity index (χ4n) is 2.99. The summed E-state index contributed by atoms with van der Waals surface area (Å²) in [6.45, 7) is 6.66. The van der Waals surface area contributed by atoms with Gasteiger partial charge in [-0.15, -0.1) is 0 Å². The number of anilines is 2. The molecule has 4 nitrogen and oxygen atoms in total. The minimum Gasteiger partial charge on any atom is -0.368 e. The molecule has 24 heavy (non-hydrogen) atoms. The molecule has 5 heteroatoms. The summed E-state index contributed by atoms with van der Waals surface area (Å²) in [5, 5.41) is 2.98. The first kappa shape index (κ1) is 16.3. The molecular weight excluding hydrogens is 305 g/mol. The molecule has 126 valence electrons. The van der Waals surface area contributed by atoms with Crippen LogP contribution >= 0.6 is 0 Å². The van der Waals surface area contributed by atoms with Gasteiger partial charge in [-0.25, -0.2) is 9.18 Å². The van der Waals surface area contributed by atoms with Gasteiger partial charge in [0.2, 0.25) is 0 Å². The molecule has 1 fully saturated rings. The van der Waals surface area contributed by atoms with E-state index in [-0.39, 0.29) is 11.8 Å². The molecule has 0 spiro atoms. The number of piperazine rings is 1. The molecule has 0 radical (unpaired) electrons. The lowest BCUT2D eigenvalue weighted by atomic mass is 10.1. The van der Waals surface area contributed by atoms with E-state index in [0.29, 0.717) is 26.2 Å². The third-order valence-electron chi connectivity index (χ3n) is 4.36. The van der Waals surface area contributed by atoms with E-state index in [1.165, 1.54) is 17.7 Å². The van der Waals surface area contributed by atoms with E-state index in [0.717, 1.165) is 16.9 Å². The number of halogens is 1. The van der Waals surface area contributed by atoms with E-state index < -0.39 is 0 Å². The van der Waals surface area contributed by atoms with E-state index in [1.807, 2.05) is 32.0 Å². The van der Waals surface area contributed by atoms with Crippen molar-refractivity contribution in [2.24, 2.45) is 0 Å². The first-order chi connectivity index (χ1) is 11.5. The molecule has 1 N–H and O–H groups in total. The van der Waals surface area contributed by atoms with E-state index in [9.17, 15) is 9.18 Å². The number of rotatable bonds is 2. The maximum Gasteiger partial charge on any atom is 0.321 e. The normalized spacial score (nSPS) is 14.6. The van der Waals surface area contributed by atoms with Crippen LogP contribution in [0, 0.1) is 19.7 Å². The van der Waals surface area contributed by atoms with Crippen LogP contribution in [-0.4, -0.2) is 37.1 Å². The highest BCUT2D eigenvalue weighted by Crippen LogP contribution is 2.19. The Bertz CT molecular complexity index is 739. The van der Waals surface area contributed by atoms with Gasteiger partial charge in [0.25, 0.3) is 0 Å². The number of nitrogens with zero attached hydrogens (tertiary/aromatic N) is 2. The maximum absolute atomic E-state index is 13.3. The summed E-state index contributed by atoms with van der Waals surface area (Å²) >= 11 is 0. The van der Waals surface area contributed by atoms with E-state index in [2.05, 4.69) is 16.3 Å². The summed E-state index contributed by atoms with van der Waals surface area (Å²) in [7, 11) is 0. The fraction of sp³-hybridized carbons (Fsp3) is 0.316. The zero-order chi connectivity index (χ0) is 17.1. The molecule has 2 amide bonds. The molecule has 0 bridgehead atoms. The summed E-state index contributed by atoms with van der Waals surface area (Å²) in [6.07, 6.45) is 0. The number of carbonyl (C=O) groups is 1. The van der Waals surface area contributed by atoms with Crippen LogP contribution < -0.4 is 10.2 Å². The number of hydrogen-bond acceptors (Lipinski definition) is 2. The number of carbonyl (C=O) groups excluding carboxylic acids is 1. The van der Waals surface area contributed by atoms with Crippen molar-refractivity contribution in [3.8, 4) is 0 Å². The van der Waals surface area contributed by atoms with Gasteiger partial charge in [0, 0.05) is 37.6 Å². The monoisotopic (exact) mass is 327 g/mol. The summed E-state index contributed by atoms with van der Waals surface area (Å²) < 4.78 is 13.3. The predicted molar refractivity (Wildman–Crippen MR) is 95.1 cm³/mol. The zero-order valence-corrected chi connectivity index (χ0v) is 14.1. The summed E-state index contributed by atoms with van der Waals surface area (Å²) in [5.41, 5.74) is 3.94. The van der Waals surface area contributed by atoms with Gasteiger partial charge in [-0.3, -0.25) is 0 Å². The predicted octanol–water partition coefficient (Wildman–Crippen LogP) is 3.80. The van der Waals surface area contributed by atoms with E-state index in [1.54, 1.807) is 11.0 Å². The number of amides is 2. The SMILES string of the molecule is Cc1ccc(NC(=O)N2CCN(c3cccc(F)c3)CC2)c(C)c1. The average molecular weight is 327 g/mol. The first-order valence-corrected chi connectivity index (χ1v) is 8.16. The Hall–Kier alpha value is -2.56. The Morgan fingerprint density at radius 2 is 1.79 bits per heavy atom. The summed E-state index contributed by atoms with van der Waals surface area (Å²) in [6, 6.07) is 12.5. The van der Waals surface area contributed by atoms with Crippen LogP contribution in [0.3, 0.4) is 0 Å². The van der Waals surface area contributed by atoms with Crippen molar-refractivity contribution in [2.75, 3.05) is 36.4 Å². The highest BCUT2D eigenvalue weighted by Gasteiger charge is 2.21. The highest BCUT2D eigenvalue weighted by atomic mass is 19.1. The van der Waals surface area contributed by atoms with Crippen molar-refractivity contribution >= 4 is 17.4 Å². The van der Waals surface area contributed by atoms with Crippen molar-refractivity contribution in [2.45, 2.75) is 13.8 Å². The number of aryl methyl sites for hydroxylation is 2. The Balaban J connectivity index is 1.59. The number of benzene rings is 2. The summed E-state index contributed by atoms with van der Waals surface area (Å²) in [4.78, 5) is 16.3. The number of nitrogens with one attached hydrogen (secondary N) is 1. The molecule has 0 saturated carbocycles. The molecule has 1 saturated heterocycles. The molecule has 0 unspecified atom stereocenters. The molecule has 1 aliphatic heterocycles. The third kappa shape index (κ3) is 3.67. The Kier molecular flexibility index (Phi) is 4.69. The van der Waals surface area contributed by atoms with E-state index in [4.69, 9.17) is 0 Å². The second-order valence-electron chi connectivity index (χ2n) is 6.20. The first-order valence-electron chi connectivity index (χ1n) is 8.16. The van der Waals surface area contributed by atoms with Crippen molar-refractivity contribution < 1.29 is 9.18 Å². The van der Waals surface area contributed by atoms with Gasteiger partial charge in [0.15, 0.2) is 0 Å². The molecule has 3 rings (SSSR count). The van der Waals surface area contributed by atoms with Crippen LogP contribution in [0.2, 0.25) is 0 Å². The van der Waals surface area contributed by atoms with Crippen LogP contribution in [0.25, 0.3) is 0 Å². The minimum absolute atomic E-state index is 0.0826. The smallest absolute Gasteiger partial charge is 0.321 e. The van der Waals surface area contributed by atoms with Crippen molar-refractivity contribution in [1.82, 2.24) is 4.90 Å². The fourth-order valence-corrected chi connectivity index (χ4v) is 2.99. The lowest BCUT2D eigenvalue weighted by Gasteiger charge is -2.36. The lowest BCUT2D eigenvalue weighted by molar-refractivity contribution is 0.208. The highest BCUT2D eigenvalue weighted by molar-refractivity contribution is 5.90. The second kappa shape index (κ2) is 6.91. The molecule has 0 atom stereocenters. The summed E-state index contributed by atoms with van der Waals surface area (Å²) in [5.74, 6) is -0.234. The maximum atomic E-state index is 13.3. The molecule has 1 heterocycles. The largest absolute Gasteiger partial charge is 0.368 e. The van der Waals surface area contributed by atoms with Crippen LogP contribution in [0.1, 0.15) is 11.1 Å². The topological polar surface area (TPSA) is 35.6 Å². The zero-order valence-electron chi connectivity index (χ0n) is 14.1. The van der Waals surface area contributed by atoms with Crippen molar-refractivity contribution in [1.29, 1.82) is 0 Å². The van der Waals surface area contributed by atoms with Crippen molar-refractivity contribution in [3.05, 3.63) is 59.4 Å². The molecule has 0 aliphatic carbocycles. The molecule has 1 aliphatic rings. The van der Waals surface area contributed by atoms with Crippen LogP contribution in [0.5, 0.6) is 0 Å². The van der Waals surface area contributed by atoms with Gasteiger partial charge in [-0.2, -0.15) is 0 Å². The Morgan fingerprint density at radius 3 is 2.46 bits per heavy atom. The van der Waals surface area contributed by atoms with Crippen LogP contribution in [-0.2, 0) is 0 Å². The Morgan fingerprint density at radius 1 is 1.04 bits per heavy atom. The quantitative estimate of drug-likeness (QED) is 0.911. The van der Waals surface area contributed by atoms with Crippen molar-refractivity contribution in [3.63, 3.8) is 0 Å². The second-order valence-corrected chi connectivity index (χ2v) is 6.20. The van der Waals surface area contributed by atoms with Crippen LogP contribution in [0.4, 0.5) is 20.6 Å². The van der Waals surface area contributed by atoms with Gasteiger partial charge in [0.05, 0.1) is 0 Å². The average Bonchev–Trinajstić information content (AvgIpc) is 2.57. The van der Waals surface area contributed by atoms with Gasteiger partial charge >= 0.3 is 6.03 Å². The third-order valence-corrected chi connectivity index (χ3v) is 4.36. The molecule has 2 aromatic rings.